The SMILES string of the molecule is COc1c(Cl)ccc(Cl)c1C(=O)NCC(c1ccccc1)N(C)C. The summed E-state index contributed by atoms with van der Waals surface area (Å²) in [5.41, 5.74) is 1.36. The second-order valence-corrected chi connectivity index (χ2v) is 6.35. The first-order valence-corrected chi connectivity index (χ1v) is 8.22. The van der Waals surface area contributed by atoms with E-state index in [1.807, 2.05) is 49.3 Å². The predicted octanol–water partition coefficient (Wildman–Crippen LogP) is 4.03. The predicted molar refractivity (Wildman–Crippen MR) is 98.2 cm³/mol. The fourth-order valence-electron chi connectivity index (χ4n) is 2.50. The Balaban J connectivity index is 2.19. The van der Waals surface area contributed by atoms with Crippen LogP contribution in [0.1, 0.15) is 22.0 Å². The summed E-state index contributed by atoms with van der Waals surface area (Å²) in [5, 5.41) is 3.57. The lowest BCUT2D eigenvalue weighted by Gasteiger charge is -2.25. The number of hydrogen-bond acceptors (Lipinski definition) is 3. The van der Waals surface area contributed by atoms with Crippen LogP contribution in [-0.2, 0) is 0 Å². The highest BCUT2D eigenvalue weighted by atomic mass is 35.5. The maximum Gasteiger partial charge on any atom is 0.256 e. The number of halogens is 2. The molecule has 0 heterocycles. The third kappa shape index (κ3) is 4.20. The highest BCUT2D eigenvalue weighted by molar-refractivity contribution is 6.37. The van der Waals surface area contributed by atoms with Crippen molar-refractivity contribution in [2.75, 3.05) is 27.7 Å². The van der Waals surface area contributed by atoms with E-state index in [4.69, 9.17) is 27.9 Å². The zero-order chi connectivity index (χ0) is 17.7. The van der Waals surface area contributed by atoms with Gasteiger partial charge in [-0.05, 0) is 31.8 Å². The van der Waals surface area contributed by atoms with Crippen LogP contribution in [0.4, 0.5) is 0 Å². The van der Waals surface area contributed by atoms with Crippen molar-refractivity contribution in [1.29, 1.82) is 0 Å². The number of rotatable bonds is 6. The molecule has 0 fully saturated rings. The summed E-state index contributed by atoms with van der Waals surface area (Å²) in [7, 11) is 5.40. The van der Waals surface area contributed by atoms with Crippen molar-refractivity contribution in [3.05, 3.63) is 63.6 Å². The zero-order valence-corrected chi connectivity index (χ0v) is 15.4. The Bertz CT molecular complexity index is 706. The Labute approximate surface area is 152 Å². The maximum atomic E-state index is 12.6. The third-order valence-electron chi connectivity index (χ3n) is 3.75. The smallest absolute Gasteiger partial charge is 0.256 e. The summed E-state index contributed by atoms with van der Waals surface area (Å²) in [6, 6.07) is 13.2. The van der Waals surface area contributed by atoms with Crippen LogP contribution >= 0.6 is 23.2 Å². The molecular weight excluding hydrogens is 347 g/mol. The molecule has 1 unspecified atom stereocenters. The van der Waals surface area contributed by atoms with Gasteiger partial charge >= 0.3 is 0 Å². The first-order valence-electron chi connectivity index (χ1n) is 7.47. The van der Waals surface area contributed by atoms with Gasteiger partial charge in [0, 0.05) is 6.54 Å². The lowest BCUT2D eigenvalue weighted by Crippen LogP contribution is -2.34. The van der Waals surface area contributed by atoms with Crippen LogP contribution in [0.25, 0.3) is 0 Å². The van der Waals surface area contributed by atoms with E-state index in [1.165, 1.54) is 7.11 Å². The van der Waals surface area contributed by atoms with E-state index in [-0.39, 0.29) is 23.3 Å². The molecule has 1 N–H and O–H groups in total. The summed E-state index contributed by atoms with van der Waals surface area (Å²) in [6.45, 7) is 0.432. The zero-order valence-electron chi connectivity index (χ0n) is 13.8. The molecule has 0 radical (unpaired) electrons. The number of amides is 1. The molecular formula is C18H20Cl2N2O2. The summed E-state index contributed by atoms with van der Waals surface area (Å²) in [5.74, 6) is -0.0371. The number of methoxy groups -OCH3 is 1. The second-order valence-electron chi connectivity index (χ2n) is 5.54. The van der Waals surface area contributed by atoms with Crippen molar-refractivity contribution < 1.29 is 9.53 Å². The molecule has 0 aromatic heterocycles. The van der Waals surface area contributed by atoms with E-state index in [9.17, 15) is 4.79 Å². The second kappa shape index (κ2) is 8.38. The first kappa shape index (κ1) is 18.6. The molecule has 24 heavy (non-hydrogen) atoms. The van der Waals surface area contributed by atoms with Crippen molar-refractivity contribution in [1.82, 2.24) is 10.2 Å². The molecule has 2 aromatic rings. The summed E-state index contributed by atoms with van der Waals surface area (Å²) in [4.78, 5) is 14.7. The van der Waals surface area contributed by atoms with Gasteiger partial charge in [0.25, 0.3) is 5.91 Å². The van der Waals surface area contributed by atoms with Crippen molar-refractivity contribution in [2.45, 2.75) is 6.04 Å². The van der Waals surface area contributed by atoms with Crippen molar-refractivity contribution >= 4 is 29.1 Å². The maximum absolute atomic E-state index is 12.6. The Morgan fingerprint density at radius 3 is 2.33 bits per heavy atom. The van der Waals surface area contributed by atoms with E-state index in [2.05, 4.69) is 5.32 Å². The number of ether oxygens (including phenoxy) is 1. The lowest BCUT2D eigenvalue weighted by atomic mass is 10.1. The van der Waals surface area contributed by atoms with Gasteiger partial charge in [0.1, 0.15) is 5.56 Å². The Kier molecular flexibility index (Phi) is 6.49. The molecule has 0 saturated heterocycles. The normalized spacial score (nSPS) is 12.1. The molecule has 0 aliphatic rings. The van der Waals surface area contributed by atoms with Gasteiger partial charge in [-0.25, -0.2) is 0 Å². The fourth-order valence-corrected chi connectivity index (χ4v) is 2.97. The standard InChI is InChI=1S/C18H20Cl2N2O2/c1-22(2)15(12-7-5-4-6-8-12)11-21-18(23)16-13(19)9-10-14(20)17(16)24-3/h4-10,15H,11H2,1-3H3,(H,21,23). The average Bonchev–Trinajstić information content (AvgIpc) is 2.57. The molecule has 6 heteroatoms. The number of carbonyl (C=O) groups excluding carboxylic acids is 1. The van der Waals surface area contributed by atoms with Gasteiger partial charge in [-0.2, -0.15) is 0 Å². The number of nitrogens with zero attached hydrogens (tertiary/aromatic N) is 1. The average molecular weight is 367 g/mol. The van der Waals surface area contributed by atoms with Crippen LogP contribution < -0.4 is 10.1 Å². The fraction of sp³-hybridized carbons (Fsp3) is 0.278. The largest absolute Gasteiger partial charge is 0.494 e. The molecule has 4 nitrogen and oxygen atoms in total. The minimum Gasteiger partial charge on any atom is -0.494 e. The summed E-state index contributed by atoms with van der Waals surface area (Å²) in [6.07, 6.45) is 0. The number of carbonyl (C=O) groups is 1. The molecule has 128 valence electrons. The van der Waals surface area contributed by atoms with Crippen LogP contribution in [0.3, 0.4) is 0 Å². The quantitative estimate of drug-likeness (QED) is 0.838. The molecule has 0 saturated carbocycles. The van der Waals surface area contributed by atoms with Gasteiger partial charge < -0.3 is 15.0 Å². The van der Waals surface area contributed by atoms with Crippen LogP contribution in [-0.4, -0.2) is 38.6 Å². The van der Waals surface area contributed by atoms with Crippen LogP contribution in [0, 0.1) is 0 Å². The third-order valence-corrected chi connectivity index (χ3v) is 4.37. The number of hydrogen-bond donors (Lipinski definition) is 1. The van der Waals surface area contributed by atoms with Crippen molar-refractivity contribution in [3.63, 3.8) is 0 Å². The van der Waals surface area contributed by atoms with E-state index < -0.39 is 0 Å². The number of benzene rings is 2. The topological polar surface area (TPSA) is 41.6 Å². The summed E-state index contributed by atoms with van der Waals surface area (Å²) >= 11 is 12.2. The minimum absolute atomic E-state index is 0.0408. The molecule has 0 spiro atoms. The van der Waals surface area contributed by atoms with Crippen molar-refractivity contribution in [2.24, 2.45) is 0 Å². The number of nitrogens with one attached hydrogen (secondary N) is 1. The highest BCUT2D eigenvalue weighted by Gasteiger charge is 2.21. The molecule has 1 amide bonds. The van der Waals surface area contributed by atoms with Gasteiger partial charge in [-0.3, -0.25) is 4.79 Å². The van der Waals surface area contributed by atoms with Gasteiger partial charge in [0.15, 0.2) is 5.75 Å². The first-order chi connectivity index (χ1) is 11.5. The molecule has 0 bridgehead atoms. The summed E-state index contributed by atoms with van der Waals surface area (Å²) < 4.78 is 5.23. The number of likely N-dealkylation sites (N-methyl/N-ethyl adjacent to an activating group) is 1. The highest BCUT2D eigenvalue weighted by Crippen LogP contribution is 2.33. The Morgan fingerprint density at radius 2 is 1.75 bits per heavy atom. The van der Waals surface area contributed by atoms with Crippen LogP contribution in [0.5, 0.6) is 5.75 Å². The van der Waals surface area contributed by atoms with Crippen LogP contribution in [0.2, 0.25) is 10.0 Å². The molecule has 1 atom stereocenters. The van der Waals surface area contributed by atoms with Gasteiger partial charge in [0.2, 0.25) is 0 Å². The molecule has 0 aliphatic heterocycles. The van der Waals surface area contributed by atoms with Gasteiger partial charge in [-0.1, -0.05) is 53.5 Å². The molecule has 0 aliphatic carbocycles. The van der Waals surface area contributed by atoms with Gasteiger partial charge in [0.05, 0.1) is 23.2 Å². The van der Waals surface area contributed by atoms with E-state index in [0.717, 1.165) is 5.56 Å². The minimum atomic E-state index is -0.317. The Hall–Kier alpha value is -1.75. The van der Waals surface area contributed by atoms with Gasteiger partial charge in [-0.15, -0.1) is 0 Å². The van der Waals surface area contributed by atoms with Crippen molar-refractivity contribution in [3.8, 4) is 5.75 Å². The van der Waals surface area contributed by atoms with E-state index in [0.29, 0.717) is 16.6 Å². The van der Waals surface area contributed by atoms with E-state index in [1.54, 1.807) is 12.1 Å². The monoisotopic (exact) mass is 366 g/mol. The Morgan fingerprint density at radius 1 is 1.12 bits per heavy atom. The molecule has 2 aromatic carbocycles. The van der Waals surface area contributed by atoms with E-state index >= 15 is 0 Å². The molecule has 2 rings (SSSR count). The lowest BCUT2D eigenvalue weighted by molar-refractivity contribution is 0.0939. The van der Waals surface area contributed by atoms with Crippen LogP contribution in [0.15, 0.2) is 42.5 Å².